The maximum Gasteiger partial charge on any atom is 0.341 e. The first-order chi connectivity index (χ1) is 8.02. The van der Waals surface area contributed by atoms with E-state index in [1.165, 1.54) is 0 Å². The van der Waals surface area contributed by atoms with Gasteiger partial charge in [0.1, 0.15) is 11.4 Å². The third-order valence-electron chi connectivity index (χ3n) is 2.55. The number of aryl methyl sites for hydroxylation is 2. The van der Waals surface area contributed by atoms with Gasteiger partial charge in [-0.15, -0.1) is 6.58 Å². The average molecular weight is 237 g/mol. The molecule has 0 fully saturated rings. The van der Waals surface area contributed by atoms with E-state index in [0.717, 1.165) is 13.0 Å². The van der Waals surface area contributed by atoms with Gasteiger partial charge in [-0.3, -0.25) is 4.68 Å². The zero-order chi connectivity index (χ0) is 13.0. The van der Waals surface area contributed by atoms with Crippen molar-refractivity contribution in [3.8, 4) is 0 Å². The van der Waals surface area contributed by atoms with Crippen molar-refractivity contribution in [3.05, 3.63) is 23.9 Å². The summed E-state index contributed by atoms with van der Waals surface area (Å²) in [4.78, 5) is 13.2. The van der Waals surface area contributed by atoms with Crippen LogP contribution in [0.5, 0.6) is 0 Å². The van der Waals surface area contributed by atoms with Crippen LogP contribution in [0.4, 0.5) is 5.82 Å². The van der Waals surface area contributed by atoms with Crippen LogP contribution in [0.25, 0.3) is 0 Å². The molecule has 1 aromatic heterocycles. The first kappa shape index (κ1) is 13.3. The lowest BCUT2D eigenvalue weighted by Gasteiger charge is -2.23. The fourth-order valence-electron chi connectivity index (χ4n) is 1.97. The first-order valence-corrected chi connectivity index (χ1v) is 5.65. The summed E-state index contributed by atoms with van der Waals surface area (Å²) in [5, 5.41) is 13.4. The van der Waals surface area contributed by atoms with E-state index in [-0.39, 0.29) is 5.56 Å². The molecule has 0 radical (unpaired) electrons. The molecule has 1 heterocycles. The van der Waals surface area contributed by atoms with Gasteiger partial charge in [-0.05, 0) is 13.3 Å². The Morgan fingerprint density at radius 3 is 2.76 bits per heavy atom. The Bertz CT molecular complexity index is 424. The molecule has 5 nitrogen and oxygen atoms in total. The van der Waals surface area contributed by atoms with Gasteiger partial charge in [0.2, 0.25) is 0 Å². The van der Waals surface area contributed by atoms with E-state index in [1.807, 2.05) is 4.90 Å². The highest BCUT2D eigenvalue weighted by molar-refractivity contribution is 5.94. The molecule has 5 heteroatoms. The van der Waals surface area contributed by atoms with Crippen molar-refractivity contribution < 1.29 is 9.90 Å². The number of carboxylic acids is 1. The van der Waals surface area contributed by atoms with E-state index in [1.54, 1.807) is 24.7 Å². The molecule has 0 spiro atoms. The molecule has 1 aromatic rings. The molecule has 0 atom stereocenters. The minimum atomic E-state index is -0.934. The normalized spacial score (nSPS) is 10.3. The second-order valence-electron chi connectivity index (χ2n) is 3.95. The predicted molar refractivity (Wildman–Crippen MR) is 67.6 cm³/mol. The van der Waals surface area contributed by atoms with Crippen molar-refractivity contribution >= 4 is 11.8 Å². The maximum atomic E-state index is 11.3. The lowest BCUT2D eigenvalue weighted by Crippen LogP contribution is -2.28. The standard InChI is InChI=1S/C12H19N3O2/c1-5-7-15(8-6-2)11-10(12(16)17)9(3)13-14(11)4/h5H,1,6-8H2,2-4H3,(H,16,17). The molecule has 0 unspecified atom stereocenters. The van der Waals surface area contributed by atoms with Gasteiger partial charge in [0, 0.05) is 20.1 Å². The van der Waals surface area contributed by atoms with Crippen molar-refractivity contribution in [1.82, 2.24) is 9.78 Å². The largest absolute Gasteiger partial charge is 0.477 e. The van der Waals surface area contributed by atoms with Gasteiger partial charge in [0.05, 0.1) is 5.69 Å². The van der Waals surface area contributed by atoms with E-state index in [2.05, 4.69) is 18.6 Å². The van der Waals surface area contributed by atoms with E-state index in [4.69, 9.17) is 0 Å². The molecule has 94 valence electrons. The molecule has 0 aliphatic rings. The molecule has 0 amide bonds. The lowest BCUT2D eigenvalue weighted by atomic mass is 10.2. The summed E-state index contributed by atoms with van der Waals surface area (Å²) >= 11 is 0. The van der Waals surface area contributed by atoms with E-state index >= 15 is 0 Å². The number of aromatic carboxylic acids is 1. The number of nitrogens with zero attached hydrogens (tertiary/aromatic N) is 3. The number of rotatable bonds is 6. The molecule has 17 heavy (non-hydrogen) atoms. The average Bonchev–Trinajstić information content (AvgIpc) is 2.53. The van der Waals surface area contributed by atoms with E-state index in [0.29, 0.717) is 18.1 Å². The summed E-state index contributed by atoms with van der Waals surface area (Å²) in [5.74, 6) is -0.285. The van der Waals surface area contributed by atoms with Gasteiger partial charge < -0.3 is 10.0 Å². The molecule has 0 saturated heterocycles. The third kappa shape index (κ3) is 2.67. The van der Waals surface area contributed by atoms with Crippen LogP contribution in [-0.4, -0.2) is 33.9 Å². The molecular formula is C12H19N3O2. The van der Waals surface area contributed by atoms with Crippen molar-refractivity contribution in [3.63, 3.8) is 0 Å². The van der Waals surface area contributed by atoms with Gasteiger partial charge in [-0.25, -0.2) is 4.79 Å². The van der Waals surface area contributed by atoms with Crippen molar-refractivity contribution in [2.24, 2.45) is 7.05 Å². The zero-order valence-corrected chi connectivity index (χ0v) is 10.6. The number of carboxylic acid groups (broad SMARTS) is 1. The molecule has 1 rings (SSSR count). The summed E-state index contributed by atoms with van der Waals surface area (Å²) in [6, 6.07) is 0. The van der Waals surface area contributed by atoms with Gasteiger partial charge in [-0.2, -0.15) is 5.10 Å². The quantitative estimate of drug-likeness (QED) is 0.767. The molecule has 0 aliphatic heterocycles. The topological polar surface area (TPSA) is 58.4 Å². The number of hydrogen-bond donors (Lipinski definition) is 1. The summed E-state index contributed by atoms with van der Waals surface area (Å²) in [5.41, 5.74) is 0.822. The van der Waals surface area contributed by atoms with Crippen molar-refractivity contribution in [2.75, 3.05) is 18.0 Å². The molecule has 0 saturated carbocycles. The van der Waals surface area contributed by atoms with E-state index in [9.17, 15) is 9.90 Å². The van der Waals surface area contributed by atoms with Gasteiger partial charge in [0.15, 0.2) is 0 Å². The second-order valence-corrected chi connectivity index (χ2v) is 3.95. The van der Waals surface area contributed by atoms with Crippen LogP contribution in [0.1, 0.15) is 29.4 Å². The number of hydrogen-bond acceptors (Lipinski definition) is 3. The molecule has 0 aromatic carbocycles. The fourth-order valence-corrected chi connectivity index (χ4v) is 1.97. The smallest absolute Gasteiger partial charge is 0.341 e. The Morgan fingerprint density at radius 1 is 1.65 bits per heavy atom. The van der Waals surface area contributed by atoms with Crippen LogP contribution in [0, 0.1) is 6.92 Å². The molecule has 0 bridgehead atoms. The summed E-state index contributed by atoms with van der Waals surface area (Å²) < 4.78 is 1.62. The summed E-state index contributed by atoms with van der Waals surface area (Å²) in [6.07, 6.45) is 2.71. The van der Waals surface area contributed by atoms with Crippen LogP contribution < -0.4 is 4.90 Å². The van der Waals surface area contributed by atoms with Crippen LogP contribution >= 0.6 is 0 Å². The molecule has 0 aliphatic carbocycles. The SMILES string of the molecule is C=CCN(CCC)c1c(C(=O)O)c(C)nn1C. The van der Waals surface area contributed by atoms with Crippen LogP contribution in [-0.2, 0) is 7.05 Å². The van der Waals surface area contributed by atoms with Crippen LogP contribution in [0.3, 0.4) is 0 Å². The Balaban J connectivity index is 3.25. The van der Waals surface area contributed by atoms with Gasteiger partial charge in [-0.1, -0.05) is 13.0 Å². The maximum absolute atomic E-state index is 11.3. The Labute approximate surface area is 101 Å². The highest BCUT2D eigenvalue weighted by Crippen LogP contribution is 2.23. The van der Waals surface area contributed by atoms with Crippen molar-refractivity contribution in [2.45, 2.75) is 20.3 Å². The number of aromatic nitrogens is 2. The summed E-state index contributed by atoms with van der Waals surface area (Å²) in [6.45, 7) is 8.87. The second kappa shape index (κ2) is 5.52. The monoisotopic (exact) mass is 237 g/mol. The minimum absolute atomic E-state index is 0.280. The van der Waals surface area contributed by atoms with Gasteiger partial charge in [0.25, 0.3) is 0 Å². The minimum Gasteiger partial charge on any atom is -0.477 e. The molecule has 1 N–H and O–H groups in total. The van der Waals surface area contributed by atoms with Crippen molar-refractivity contribution in [1.29, 1.82) is 0 Å². The lowest BCUT2D eigenvalue weighted by molar-refractivity contribution is 0.0696. The predicted octanol–water partition coefficient (Wildman–Crippen LogP) is 1.83. The molecular weight excluding hydrogens is 218 g/mol. The van der Waals surface area contributed by atoms with Crippen LogP contribution in [0.2, 0.25) is 0 Å². The zero-order valence-electron chi connectivity index (χ0n) is 10.6. The Morgan fingerprint density at radius 2 is 2.29 bits per heavy atom. The highest BCUT2D eigenvalue weighted by atomic mass is 16.4. The number of anilines is 1. The van der Waals surface area contributed by atoms with Gasteiger partial charge >= 0.3 is 5.97 Å². The summed E-state index contributed by atoms with van der Waals surface area (Å²) in [7, 11) is 1.76. The first-order valence-electron chi connectivity index (χ1n) is 5.65. The Kier molecular flexibility index (Phi) is 4.31. The van der Waals surface area contributed by atoms with E-state index < -0.39 is 5.97 Å². The van der Waals surface area contributed by atoms with Crippen LogP contribution in [0.15, 0.2) is 12.7 Å². The number of carbonyl (C=O) groups is 1. The fraction of sp³-hybridized carbons (Fsp3) is 0.500. The third-order valence-corrected chi connectivity index (χ3v) is 2.55. The Hall–Kier alpha value is -1.78. The highest BCUT2D eigenvalue weighted by Gasteiger charge is 2.23.